The van der Waals surface area contributed by atoms with Gasteiger partial charge in [-0.05, 0) is 49.5 Å². The molecule has 2 aromatic rings. The highest BCUT2D eigenvalue weighted by Crippen LogP contribution is 2.41. The van der Waals surface area contributed by atoms with Crippen molar-refractivity contribution < 1.29 is 9.13 Å². The summed E-state index contributed by atoms with van der Waals surface area (Å²) in [5.74, 6) is 3.38. The van der Waals surface area contributed by atoms with E-state index < -0.39 is 6.67 Å². The van der Waals surface area contributed by atoms with Gasteiger partial charge in [-0.25, -0.2) is 9.37 Å². The van der Waals surface area contributed by atoms with Crippen molar-refractivity contribution in [1.29, 1.82) is 5.26 Å². The highest BCUT2D eigenvalue weighted by atomic mass is 19.1. The van der Waals surface area contributed by atoms with E-state index in [0.717, 1.165) is 24.9 Å². The number of para-hydroxylation sites is 1. The zero-order valence-corrected chi connectivity index (χ0v) is 18.3. The molecule has 0 saturated heterocycles. The van der Waals surface area contributed by atoms with E-state index in [9.17, 15) is 9.65 Å². The Balaban J connectivity index is 1.38. The summed E-state index contributed by atoms with van der Waals surface area (Å²) < 4.78 is 17.9. The molecule has 1 aromatic carbocycles. The van der Waals surface area contributed by atoms with E-state index in [1.165, 1.54) is 25.5 Å². The predicted molar refractivity (Wildman–Crippen MR) is 122 cm³/mol. The number of halogens is 1. The number of hydrogen-bond acceptors (Lipinski definition) is 7. The van der Waals surface area contributed by atoms with Crippen molar-refractivity contribution >= 4 is 11.8 Å². The largest absolute Gasteiger partial charge is 0.491 e. The molecular formula is C24H31FN6O. The van der Waals surface area contributed by atoms with Gasteiger partial charge in [-0.1, -0.05) is 24.6 Å². The van der Waals surface area contributed by atoms with E-state index in [4.69, 9.17) is 10.5 Å². The molecule has 2 bridgehead atoms. The molecule has 2 fully saturated rings. The fraction of sp³-hybridized carbons (Fsp3) is 0.542. The van der Waals surface area contributed by atoms with Gasteiger partial charge in [0, 0.05) is 24.7 Å². The molecule has 0 amide bonds. The molecule has 8 heteroatoms. The molecular weight excluding hydrogens is 407 g/mol. The smallest absolute Gasteiger partial charge is 0.224 e. The van der Waals surface area contributed by atoms with Crippen LogP contribution in [0.1, 0.15) is 43.2 Å². The SMILES string of the molecule is N#Cc1cnc(NCc2ccccc2OCCF)nc1NCC1C[C@H]2CCC[C@@H](C1)C2N. The van der Waals surface area contributed by atoms with E-state index >= 15 is 0 Å². The standard InChI is InChI=1S/C24H31FN6O/c25-8-9-32-21-7-2-1-4-19(21)14-29-24-30-15-20(12-26)23(31-24)28-13-16-10-17-5-3-6-18(11-16)22(17)27/h1-2,4,7,15-18,22H,3,5-6,8-11,13-14,27H2,(H2,28,29,30,31)/t16?,17-,18+,22?. The highest BCUT2D eigenvalue weighted by molar-refractivity contribution is 5.53. The summed E-state index contributed by atoms with van der Waals surface area (Å²) in [6, 6.07) is 9.99. The minimum Gasteiger partial charge on any atom is -0.491 e. The van der Waals surface area contributed by atoms with Crippen LogP contribution in [0.2, 0.25) is 0 Å². The minimum absolute atomic E-state index is 0.0201. The summed E-state index contributed by atoms with van der Waals surface area (Å²) in [5.41, 5.74) is 7.73. The quantitative estimate of drug-likeness (QED) is 0.545. The topological polar surface area (TPSA) is 109 Å². The van der Waals surface area contributed by atoms with Crippen LogP contribution in [0.15, 0.2) is 30.5 Å². The molecule has 7 nitrogen and oxygen atoms in total. The molecule has 32 heavy (non-hydrogen) atoms. The van der Waals surface area contributed by atoms with Crippen molar-refractivity contribution in [2.45, 2.75) is 44.7 Å². The van der Waals surface area contributed by atoms with Gasteiger partial charge in [-0.2, -0.15) is 10.2 Å². The Labute approximate surface area is 188 Å². The van der Waals surface area contributed by atoms with Crippen LogP contribution in [-0.4, -0.2) is 35.8 Å². The summed E-state index contributed by atoms with van der Waals surface area (Å²) in [6.45, 7) is 0.693. The number of nitrogens with two attached hydrogens (primary N) is 1. The fourth-order valence-electron chi connectivity index (χ4n) is 5.12. The van der Waals surface area contributed by atoms with Gasteiger partial charge in [0.1, 0.15) is 36.5 Å². The Morgan fingerprint density at radius 2 is 1.97 bits per heavy atom. The number of ether oxygens (including phenoxy) is 1. The number of nitriles is 1. The van der Waals surface area contributed by atoms with Crippen molar-refractivity contribution in [3.05, 3.63) is 41.6 Å². The normalized spacial score (nSPS) is 24.4. The van der Waals surface area contributed by atoms with Crippen LogP contribution in [0.3, 0.4) is 0 Å². The Kier molecular flexibility index (Phi) is 7.38. The van der Waals surface area contributed by atoms with Crippen LogP contribution in [-0.2, 0) is 6.54 Å². The number of rotatable bonds is 9. The first-order chi connectivity index (χ1) is 15.7. The van der Waals surface area contributed by atoms with Crippen LogP contribution >= 0.6 is 0 Å². The maximum absolute atomic E-state index is 12.5. The number of anilines is 2. The van der Waals surface area contributed by atoms with Crippen LogP contribution < -0.4 is 21.1 Å². The van der Waals surface area contributed by atoms with Gasteiger partial charge in [-0.3, -0.25) is 0 Å². The highest BCUT2D eigenvalue weighted by Gasteiger charge is 2.37. The maximum Gasteiger partial charge on any atom is 0.224 e. The summed E-state index contributed by atoms with van der Waals surface area (Å²) in [5, 5.41) is 16.1. The van der Waals surface area contributed by atoms with Gasteiger partial charge in [0.05, 0.1) is 6.20 Å². The first-order valence-corrected chi connectivity index (χ1v) is 11.4. The number of benzene rings is 1. The third-order valence-electron chi connectivity index (χ3n) is 6.72. The van der Waals surface area contributed by atoms with E-state index in [1.54, 1.807) is 0 Å². The first kappa shape index (κ1) is 22.3. The number of aromatic nitrogens is 2. The fourth-order valence-corrected chi connectivity index (χ4v) is 5.12. The zero-order chi connectivity index (χ0) is 22.3. The van der Waals surface area contributed by atoms with Gasteiger partial charge in [0.2, 0.25) is 5.95 Å². The molecule has 4 atom stereocenters. The third kappa shape index (κ3) is 5.28. The second-order valence-corrected chi connectivity index (χ2v) is 8.81. The molecule has 1 aromatic heterocycles. The monoisotopic (exact) mass is 438 g/mol. The van der Waals surface area contributed by atoms with E-state index in [0.29, 0.717) is 53.4 Å². The Morgan fingerprint density at radius 1 is 1.19 bits per heavy atom. The number of nitrogens with zero attached hydrogens (tertiary/aromatic N) is 3. The molecule has 0 aliphatic heterocycles. The number of alkyl halides is 1. The lowest BCUT2D eigenvalue weighted by atomic mass is 9.65. The van der Waals surface area contributed by atoms with Gasteiger partial charge >= 0.3 is 0 Å². The Morgan fingerprint density at radius 3 is 2.72 bits per heavy atom. The van der Waals surface area contributed by atoms with Gasteiger partial charge in [0.25, 0.3) is 0 Å². The molecule has 1 heterocycles. The summed E-state index contributed by atoms with van der Waals surface area (Å²) in [4.78, 5) is 8.81. The first-order valence-electron chi connectivity index (χ1n) is 11.4. The van der Waals surface area contributed by atoms with Gasteiger partial charge in [0.15, 0.2) is 0 Å². The number of nitrogens with one attached hydrogen (secondary N) is 2. The molecule has 0 radical (unpaired) electrons. The Hall–Kier alpha value is -2.92. The second kappa shape index (κ2) is 10.6. The zero-order valence-electron chi connectivity index (χ0n) is 18.3. The average Bonchev–Trinajstić information content (AvgIpc) is 2.81. The Bertz CT molecular complexity index is 934. The van der Waals surface area contributed by atoms with Gasteiger partial charge in [-0.15, -0.1) is 0 Å². The van der Waals surface area contributed by atoms with Crippen molar-refractivity contribution in [3.63, 3.8) is 0 Å². The lowest BCUT2D eigenvalue weighted by molar-refractivity contribution is 0.112. The van der Waals surface area contributed by atoms with Crippen LogP contribution in [0, 0.1) is 29.1 Å². The predicted octanol–water partition coefficient (Wildman–Crippen LogP) is 3.87. The second-order valence-electron chi connectivity index (χ2n) is 8.81. The van der Waals surface area contributed by atoms with E-state index in [2.05, 4.69) is 26.7 Å². The molecule has 2 aliphatic carbocycles. The average molecular weight is 439 g/mol. The molecule has 2 aliphatic rings. The van der Waals surface area contributed by atoms with E-state index in [-0.39, 0.29) is 6.61 Å². The van der Waals surface area contributed by atoms with Crippen molar-refractivity contribution in [2.75, 3.05) is 30.5 Å². The lowest BCUT2D eigenvalue weighted by Gasteiger charge is -2.44. The minimum atomic E-state index is -0.538. The molecule has 2 unspecified atom stereocenters. The van der Waals surface area contributed by atoms with Crippen LogP contribution in [0.25, 0.3) is 0 Å². The lowest BCUT2D eigenvalue weighted by Crippen LogP contribution is -2.47. The number of hydrogen-bond donors (Lipinski definition) is 3. The van der Waals surface area contributed by atoms with Crippen LogP contribution in [0.4, 0.5) is 16.2 Å². The molecule has 170 valence electrons. The van der Waals surface area contributed by atoms with Gasteiger partial charge < -0.3 is 21.1 Å². The summed E-state index contributed by atoms with van der Waals surface area (Å²) in [6.07, 6.45) is 7.57. The maximum atomic E-state index is 12.5. The van der Waals surface area contributed by atoms with Crippen LogP contribution in [0.5, 0.6) is 5.75 Å². The third-order valence-corrected chi connectivity index (χ3v) is 6.72. The molecule has 0 spiro atoms. The summed E-state index contributed by atoms with van der Waals surface area (Å²) >= 11 is 0. The van der Waals surface area contributed by atoms with Crippen molar-refractivity contribution in [3.8, 4) is 11.8 Å². The van der Waals surface area contributed by atoms with E-state index in [1.807, 2.05) is 24.3 Å². The molecule has 4 N–H and O–H groups in total. The summed E-state index contributed by atoms with van der Waals surface area (Å²) in [7, 11) is 0. The number of fused-ring (bicyclic) bond motifs is 2. The van der Waals surface area contributed by atoms with Crippen molar-refractivity contribution in [2.24, 2.45) is 23.5 Å². The molecule has 4 rings (SSSR count). The molecule has 2 saturated carbocycles. The van der Waals surface area contributed by atoms with Crippen molar-refractivity contribution in [1.82, 2.24) is 9.97 Å².